The molecule has 2 N–H and O–H groups in total. The number of benzene rings is 1. The predicted octanol–water partition coefficient (Wildman–Crippen LogP) is 3.31. The highest BCUT2D eigenvalue weighted by atomic mass is 79.9. The standard InChI is InChI=1S/C14H22BrNO2/c1-14(2,6-7-18-3)10-16-9-11-4-5-13(17)12(15)8-11/h4-5,8,16-17H,6-7,9-10H2,1-3H3. The molecule has 0 amide bonds. The van der Waals surface area contributed by atoms with E-state index in [1.165, 1.54) is 0 Å². The first-order chi connectivity index (χ1) is 8.44. The van der Waals surface area contributed by atoms with E-state index in [9.17, 15) is 5.11 Å². The lowest BCUT2D eigenvalue weighted by atomic mass is 9.89. The van der Waals surface area contributed by atoms with Crippen LogP contribution in [-0.2, 0) is 11.3 Å². The summed E-state index contributed by atoms with van der Waals surface area (Å²) in [5, 5.41) is 12.9. The fraction of sp³-hybridized carbons (Fsp3) is 0.571. The van der Waals surface area contributed by atoms with E-state index in [4.69, 9.17) is 4.74 Å². The van der Waals surface area contributed by atoms with E-state index in [1.807, 2.05) is 12.1 Å². The van der Waals surface area contributed by atoms with Crippen molar-refractivity contribution >= 4 is 15.9 Å². The number of phenolic OH excluding ortho intramolecular Hbond substituents is 1. The van der Waals surface area contributed by atoms with Crippen LogP contribution in [0.2, 0.25) is 0 Å². The van der Waals surface area contributed by atoms with Gasteiger partial charge < -0.3 is 15.2 Å². The number of nitrogens with one attached hydrogen (secondary N) is 1. The fourth-order valence-electron chi connectivity index (χ4n) is 1.67. The van der Waals surface area contributed by atoms with Gasteiger partial charge in [-0.3, -0.25) is 0 Å². The molecule has 1 rings (SSSR count). The lowest BCUT2D eigenvalue weighted by Gasteiger charge is -2.24. The second-order valence-corrected chi connectivity index (χ2v) is 6.15. The maximum Gasteiger partial charge on any atom is 0.129 e. The minimum atomic E-state index is 0.226. The van der Waals surface area contributed by atoms with Gasteiger partial charge in [0.25, 0.3) is 0 Å². The van der Waals surface area contributed by atoms with Crippen LogP contribution in [0, 0.1) is 5.41 Å². The molecule has 0 aliphatic carbocycles. The minimum absolute atomic E-state index is 0.226. The van der Waals surface area contributed by atoms with Crippen LogP contribution in [0.3, 0.4) is 0 Å². The molecule has 0 radical (unpaired) electrons. The summed E-state index contributed by atoms with van der Waals surface area (Å²) in [6.45, 7) is 6.99. The first-order valence-electron chi connectivity index (χ1n) is 6.12. The summed E-state index contributed by atoms with van der Waals surface area (Å²) in [4.78, 5) is 0. The van der Waals surface area contributed by atoms with Crippen molar-refractivity contribution in [2.75, 3.05) is 20.3 Å². The molecule has 1 aromatic carbocycles. The molecule has 0 aromatic heterocycles. The summed E-state index contributed by atoms with van der Waals surface area (Å²) in [6, 6.07) is 5.57. The Hall–Kier alpha value is -0.580. The molecule has 0 aliphatic heterocycles. The summed E-state index contributed by atoms with van der Waals surface area (Å²) in [7, 11) is 1.73. The largest absolute Gasteiger partial charge is 0.507 e. The van der Waals surface area contributed by atoms with Gasteiger partial charge in [-0.15, -0.1) is 0 Å². The Morgan fingerprint density at radius 2 is 2.11 bits per heavy atom. The number of ether oxygens (including phenoxy) is 1. The molecule has 18 heavy (non-hydrogen) atoms. The summed E-state index contributed by atoms with van der Waals surface area (Å²) < 4.78 is 5.85. The maximum atomic E-state index is 9.41. The zero-order chi connectivity index (χ0) is 13.6. The van der Waals surface area contributed by atoms with Crippen molar-refractivity contribution in [1.82, 2.24) is 5.32 Å². The first kappa shape index (κ1) is 15.5. The molecule has 4 heteroatoms. The number of rotatable bonds is 7. The van der Waals surface area contributed by atoms with Crippen LogP contribution < -0.4 is 5.32 Å². The van der Waals surface area contributed by atoms with Gasteiger partial charge in [0.2, 0.25) is 0 Å². The van der Waals surface area contributed by atoms with Gasteiger partial charge in [-0.25, -0.2) is 0 Å². The molecule has 0 aliphatic rings. The third kappa shape index (κ3) is 5.38. The third-order valence-electron chi connectivity index (χ3n) is 2.93. The number of phenols is 1. The van der Waals surface area contributed by atoms with Crippen molar-refractivity contribution < 1.29 is 9.84 Å². The molecule has 3 nitrogen and oxygen atoms in total. The van der Waals surface area contributed by atoms with E-state index in [0.29, 0.717) is 0 Å². The lowest BCUT2D eigenvalue weighted by molar-refractivity contribution is 0.150. The number of hydrogen-bond donors (Lipinski definition) is 2. The Balaban J connectivity index is 2.39. The smallest absolute Gasteiger partial charge is 0.129 e. The predicted molar refractivity (Wildman–Crippen MR) is 77.8 cm³/mol. The van der Waals surface area contributed by atoms with Crippen molar-refractivity contribution in [3.05, 3.63) is 28.2 Å². The van der Waals surface area contributed by atoms with Crippen molar-refractivity contribution in [1.29, 1.82) is 0 Å². The second kappa shape index (κ2) is 7.12. The monoisotopic (exact) mass is 315 g/mol. The van der Waals surface area contributed by atoms with E-state index in [2.05, 4.69) is 35.1 Å². The Labute approximate surface area is 118 Å². The van der Waals surface area contributed by atoms with Crippen molar-refractivity contribution in [3.63, 3.8) is 0 Å². The quantitative estimate of drug-likeness (QED) is 0.811. The normalized spacial score (nSPS) is 11.8. The Morgan fingerprint density at radius 3 is 2.72 bits per heavy atom. The molecule has 0 atom stereocenters. The number of hydrogen-bond acceptors (Lipinski definition) is 3. The number of aromatic hydroxyl groups is 1. The van der Waals surface area contributed by atoms with E-state index in [-0.39, 0.29) is 11.2 Å². The van der Waals surface area contributed by atoms with Crippen LogP contribution in [0.15, 0.2) is 22.7 Å². The summed E-state index contributed by atoms with van der Waals surface area (Å²) in [6.07, 6.45) is 1.04. The minimum Gasteiger partial charge on any atom is -0.507 e. The summed E-state index contributed by atoms with van der Waals surface area (Å²) >= 11 is 3.32. The van der Waals surface area contributed by atoms with Crippen molar-refractivity contribution in [2.45, 2.75) is 26.8 Å². The van der Waals surface area contributed by atoms with Gasteiger partial charge in [-0.05, 0) is 45.5 Å². The van der Waals surface area contributed by atoms with Crippen LogP contribution >= 0.6 is 15.9 Å². The second-order valence-electron chi connectivity index (χ2n) is 5.30. The van der Waals surface area contributed by atoms with Crippen LogP contribution in [-0.4, -0.2) is 25.4 Å². The van der Waals surface area contributed by atoms with Crippen molar-refractivity contribution in [2.24, 2.45) is 5.41 Å². The highest BCUT2D eigenvalue weighted by Gasteiger charge is 2.16. The van der Waals surface area contributed by atoms with E-state index in [0.717, 1.165) is 36.2 Å². The van der Waals surface area contributed by atoms with Crippen LogP contribution in [0.1, 0.15) is 25.8 Å². The van der Waals surface area contributed by atoms with Gasteiger partial charge in [0.15, 0.2) is 0 Å². The molecular weight excluding hydrogens is 294 g/mol. The zero-order valence-corrected chi connectivity index (χ0v) is 12.9. The highest BCUT2D eigenvalue weighted by molar-refractivity contribution is 9.10. The third-order valence-corrected chi connectivity index (χ3v) is 3.56. The van der Waals surface area contributed by atoms with Crippen molar-refractivity contribution in [3.8, 4) is 5.75 Å². The fourth-order valence-corrected chi connectivity index (χ4v) is 2.10. The van der Waals surface area contributed by atoms with E-state index >= 15 is 0 Å². The van der Waals surface area contributed by atoms with E-state index in [1.54, 1.807) is 13.2 Å². The maximum absolute atomic E-state index is 9.41. The molecule has 0 saturated heterocycles. The summed E-state index contributed by atoms with van der Waals surface area (Å²) in [5.41, 5.74) is 1.38. The first-order valence-corrected chi connectivity index (χ1v) is 6.91. The Morgan fingerprint density at radius 1 is 1.39 bits per heavy atom. The number of methoxy groups -OCH3 is 1. The summed E-state index contributed by atoms with van der Waals surface area (Å²) in [5.74, 6) is 0.277. The average molecular weight is 316 g/mol. The molecule has 0 heterocycles. The average Bonchev–Trinajstić information content (AvgIpc) is 2.31. The molecule has 0 spiro atoms. The Kier molecular flexibility index (Phi) is 6.12. The zero-order valence-electron chi connectivity index (χ0n) is 11.3. The van der Waals surface area contributed by atoms with Gasteiger partial charge in [0.1, 0.15) is 5.75 Å². The van der Waals surface area contributed by atoms with Gasteiger partial charge in [0, 0.05) is 26.8 Å². The van der Waals surface area contributed by atoms with Gasteiger partial charge >= 0.3 is 0 Å². The SMILES string of the molecule is COCCC(C)(C)CNCc1ccc(O)c(Br)c1. The molecule has 102 valence electrons. The molecule has 0 bridgehead atoms. The topological polar surface area (TPSA) is 41.5 Å². The molecular formula is C14H22BrNO2. The van der Waals surface area contributed by atoms with Gasteiger partial charge in [0.05, 0.1) is 4.47 Å². The van der Waals surface area contributed by atoms with Gasteiger partial charge in [-0.2, -0.15) is 0 Å². The molecule has 0 saturated carbocycles. The van der Waals surface area contributed by atoms with Gasteiger partial charge in [-0.1, -0.05) is 19.9 Å². The van der Waals surface area contributed by atoms with Crippen LogP contribution in [0.25, 0.3) is 0 Å². The molecule has 0 unspecified atom stereocenters. The number of halogens is 1. The van der Waals surface area contributed by atoms with Crippen LogP contribution in [0.4, 0.5) is 0 Å². The lowest BCUT2D eigenvalue weighted by Crippen LogP contribution is -2.30. The molecule has 0 fully saturated rings. The molecule has 1 aromatic rings. The Bertz CT molecular complexity index is 380. The van der Waals surface area contributed by atoms with Crippen LogP contribution in [0.5, 0.6) is 5.75 Å². The van der Waals surface area contributed by atoms with E-state index < -0.39 is 0 Å². The highest BCUT2D eigenvalue weighted by Crippen LogP contribution is 2.24.